The van der Waals surface area contributed by atoms with E-state index in [4.69, 9.17) is 10.7 Å². The molecule has 2 N–H and O–H groups in total. The molecule has 0 aliphatic carbocycles. The van der Waals surface area contributed by atoms with E-state index in [0.717, 1.165) is 41.0 Å². The highest BCUT2D eigenvalue weighted by molar-refractivity contribution is 5.67. The fraction of sp³-hybridized carbons (Fsp3) is 0.235. The first-order valence-electron chi connectivity index (χ1n) is 7.52. The van der Waals surface area contributed by atoms with Crippen LogP contribution in [0, 0.1) is 17.0 Å². The molecular weight excluding hydrogens is 292 g/mol. The number of nitro benzene ring substituents is 1. The van der Waals surface area contributed by atoms with E-state index < -0.39 is 4.92 Å². The third-order valence-corrected chi connectivity index (χ3v) is 3.83. The van der Waals surface area contributed by atoms with Gasteiger partial charge in [0.05, 0.1) is 16.3 Å². The van der Waals surface area contributed by atoms with Gasteiger partial charge in [0.15, 0.2) is 0 Å². The number of fused-ring (bicyclic) bond motifs is 1. The maximum Gasteiger partial charge on any atom is 0.269 e. The monoisotopic (exact) mass is 310 g/mol. The van der Waals surface area contributed by atoms with Crippen LogP contribution in [-0.4, -0.2) is 20.9 Å². The number of non-ortho nitro benzene ring substituents is 1. The van der Waals surface area contributed by atoms with E-state index in [1.54, 1.807) is 12.1 Å². The highest BCUT2D eigenvalue weighted by Crippen LogP contribution is 2.27. The maximum absolute atomic E-state index is 10.8. The lowest BCUT2D eigenvalue weighted by Gasteiger charge is -2.05. The zero-order valence-corrected chi connectivity index (χ0v) is 12.9. The summed E-state index contributed by atoms with van der Waals surface area (Å²) in [5.74, 6) is 0. The summed E-state index contributed by atoms with van der Waals surface area (Å²) in [5.41, 5.74) is 10.6. The zero-order valence-electron chi connectivity index (χ0n) is 12.9. The number of nitrogens with two attached hydrogens (primary N) is 1. The van der Waals surface area contributed by atoms with Gasteiger partial charge in [-0.05, 0) is 50.1 Å². The largest absolute Gasteiger partial charge is 0.330 e. The van der Waals surface area contributed by atoms with Crippen molar-refractivity contribution in [2.75, 3.05) is 6.54 Å². The van der Waals surface area contributed by atoms with Gasteiger partial charge in [0.1, 0.15) is 5.65 Å². The van der Waals surface area contributed by atoms with Crippen molar-refractivity contribution in [1.82, 2.24) is 9.38 Å². The third-order valence-electron chi connectivity index (χ3n) is 3.83. The van der Waals surface area contributed by atoms with Crippen molar-refractivity contribution in [2.24, 2.45) is 5.73 Å². The summed E-state index contributed by atoms with van der Waals surface area (Å²) in [6.45, 7) is 2.65. The van der Waals surface area contributed by atoms with Crippen LogP contribution in [0.5, 0.6) is 0 Å². The summed E-state index contributed by atoms with van der Waals surface area (Å²) < 4.78 is 2.09. The minimum absolute atomic E-state index is 0.0804. The number of hydrogen-bond acceptors (Lipinski definition) is 4. The lowest BCUT2D eigenvalue weighted by molar-refractivity contribution is -0.384. The van der Waals surface area contributed by atoms with Crippen LogP contribution in [0.15, 0.2) is 42.6 Å². The number of benzene rings is 1. The van der Waals surface area contributed by atoms with Crippen molar-refractivity contribution < 1.29 is 4.92 Å². The Balaban J connectivity index is 2.13. The topological polar surface area (TPSA) is 86.5 Å². The molecule has 3 rings (SSSR count). The predicted octanol–water partition coefficient (Wildman–Crippen LogP) is 3.11. The minimum Gasteiger partial charge on any atom is -0.330 e. The average Bonchev–Trinajstić information content (AvgIpc) is 2.90. The Morgan fingerprint density at radius 2 is 1.96 bits per heavy atom. The van der Waals surface area contributed by atoms with Crippen LogP contribution < -0.4 is 5.73 Å². The molecular formula is C17H18N4O2. The molecule has 1 aromatic carbocycles. The number of hydrogen-bond donors (Lipinski definition) is 1. The van der Waals surface area contributed by atoms with Crippen molar-refractivity contribution in [1.29, 1.82) is 0 Å². The van der Waals surface area contributed by atoms with Gasteiger partial charge >= 0.3 is 0 Å². The van der Waals surface area contributed by atoms with Crippen LogP contribution in [0.1, 0.15) is 17.7 Å². The fourth-order valence-electron chi connectivity index (χ4n) is 2.68. The SMILES string of the molecule is Cc1ccc2nc(-c3ccc([N+](=O)[O-])cc3)c(CCCN)n2c1. The van der Waals surface area contributed by atoms with E-state index in [2.05, 4.69) is 10.6 Å². The number of aryl methyl sites for hydroxylation is 2. The minimum atomic E-state index is -0.397. The van der Waals surface area contributed by atoms with Crippen LogP contribution in [0.3, 0.4) is 0 Å². The van der Waals surface area contributed by atoms with Gasteiger partial charge in [-0.1, -0.05) is 6.07 Å². The number of rotatable bonds is 5. The molecule has 0 saturated heterocycles. The van der Waals surface area contributed by atoms with Crippen LogP contribution in [0.4, 0.5) is 5.69 Å². The molecule has 0 saturated carbocycles. The Labute approximate surface area is 133 Å². The molecule has 6 heteroatoms. The molecule has 0 unspecified atom stereocenters. The van der Waals surface area contributed by atoms with Gasteiger partial charge in [-0.2, -0.15) is 0 Å². The van der Waals surface area contributed by atoms with Crippen LogP contribution in [0.25, 0.3) is 16.9 Å². The molecule has 0 bridgehead atoms. The molecule has 0 spiro atoms. The smallest absolute Gasteiger partial charge is 0.269 e. The standard InChI is InChI=1S/C17H18N4O2/c1-12-4-9-16-19-17(15(3-2-10-18)20(16)11-12)13-5-7-14(8-6-13)21(22)23/h4-9,11H,2-3,10,18H2,1H3. The van der Waals surface area contributed by atoms with E-state index in [1.165, 1.54) is 12.1 Å². The Morgan fingerprint density at radius 1 is 1.22 bits per heavy atom. The average molecular weight is 310 g/mol. The molecule has 23 heavy (non-hydrogen) atoms. The van der Waals surface area contributed by atoms with Gasteiger partial charge in [-0.3, -0.25) is 10.1 Å². The highest BCUT2D eigenvalue weighted by atomic mass is 16.6. The summed E-state index contributed by atoms with van der Waals surface area (Å²) in [7, 11) is 0. The van der Waals surface area contributed by atoms with Gasteiger partial charge in [0.2, 0.25) is 0 Å². The Bertz CT molecular complexity index is 853. The summed E-state index contributed by atoms with van der Waals surface area (Å²) in [4.78, 5) is 15.1. The zero-order chi connectivity index (χ0) is 16.4. The van der Waals surface area contributed by atoms with Gasteiger partial charge in [-0.25, -0.2) is 4.98 Å². The van der Waals surface area contributed by atoms with Crippen molar-refractivity contribution in [2.45, 2.75) is 19.8 Å². The summed E-state index contributed by atoms with van der Waals surface area (Å²) in [6, 6.07) is 10.5. The van der Waals surface area contributed by atoms with Gasteiger partial charge in [0.25, 0.3) is 5.69 Å². The predicted molar refractivity (Wildman–Crippen MR) is 89.4 cm³/mol. The number of nitrogens with zero attached hydrogens (tertiary/aromatic N) is 3. The van der Waals surface area contributed by atoms with E-state index >= 15 is 0 Å². The lowest BCUT2D eigenvalue weighted by atomic mass is 10.1. The van der Waals surface area contributed by atoms with Crippen LogP contribution >= 0.6 is 0 Å². The van der Waals surface area contributed by atoms with Crippen LogP contribution in [-0.2, 0) is 6.42 Å². The molecule has 0 aliphatic rings. The number of imidazole rings is 1. The summed E-state index contributed by atoms with van der Waals surface area (Å²) in [5, 5.41) is 10.8. The van der Waals surface area contributed by atoms with Gasteiger partial charge in [0, 0.05) is 23.9 Å². The molecule has 0 amide bonds. The fourth-order valence-corrected chi connectivity index (χ4v) is 2.68. The lowest BCUT2D eigenvalue weighted by Crippen LogP contribution is -2.03. The quantitative estimate of drug-likeness (QED) is 0.579. The van der Waals surface area contributed by atoms with E-state index in [-0.39, 0.29) is 5.69 Å². The van der Waals surface area contributed by atoms with Gasteiger partial charge < -0.3 is 10.1 Å². The van der Waals surface area contributed by atoms with E-state index in [0.29, 0.717) is 6.54 Å². The Kier molecular flexibility index (Phi) is 4.08. The third kappa shape index (κ3) is 2.93. The summed E-state index contributed by atoms with van der Waals surface area (Å²) >= 11 is 0. The first-order chi connectivity index (χ1) is 11.1. The second-order valence-electron chi connectivity index (χ2n) is 5.54. The highest BCUT2D eigenvalue weighted by Gasteiger charge is 2.15. The van der Waals surface area contributed by atoms with Crippen molar-refractivity contribution in [3.63, 3.8) is 0 Å². The molecule has 2 aromatic heterocycles. The number of aromatic nitrogens is 2. The molecule has 118 valence electrons. The number of nitro groups is 1. The molecule has 2 heterocycles. The molecule has 6 nitrogen and oxygen atoms in total. The van der Waals surface area contributed by atoms with Gasteiger partial charge in [-0.15, -0.1) is 0 Å². The Morgan fingerprint density at radius 3 is 2.61 bits per heavy atom. The van der Waals surface area contributed by atoms with E-state index in [9.17, 15) is 10.1 Å². The van der Waals surface area contributed by atoms with Crippen molar-refractivity contribution in [3.8, 4) is 11.3 Å². The molecule has 0 aliphatic heterocycles. The first kappa shape index (κ1) is 15.2. The first-order valence-corrected chi connectivity index (χ1v) is 7.52. The Hall–Kier alpha value is -2.73. The van der Waals surface area contributed by atoms with Crippen LogP contribution in [0.2, 0.25) is 0 Å². The normalized spacial score (nSPS) is 11.0. The van der Waals surface area contributed by atoms with E-state index in [1.807, 2.05) is 19.1 Å². The number of pyridine rings is 1. The molecule has 0 radical (unpaired) electrons. The second kappa shape index (κ2) is 6.18. The molecule has 0 fully saturated rings. The maximum atomic E-state index is 10.8. The second-order valence-corrected chi connectivity index (χ2v) is 5.54. The summed E-state index contributed by atoms with van der Waals surface area (Å²) in [6.07, 6.45) is 3.73. The molecule has 3 aromatic rings. The van der Waals surface area contributed by atoms with Crippen molar-refractivity contribution >= 4 is 11.3 Å². The van der Waals surface area contributed by atoms with Crippen molar-refractivity contribution in [3.05, 3.63) is 64.0 Å². The molecule has 0 atom stereocenters.